The minimum atomic E-state index is 0.674. The zero-order valence-electron chi connectivity index (χ0n) is 9.79. The van der Waals surface area contributed by atoms with Gasteiger partial charge in [0.2, 0.25) is 5.95 Å². The van der Waals surface area contributed by atoms with Gasteiger partial charge in [0.15, 0.2) is 0 Å². The summed E-state index contributed by atoms with van der Waals surface area (Å²) in [4.78, 5) is 11.2. The van der Waals surface area contributed by atoms with E-state index in [1.54, 1.807) is 11.3 Å². The van der Waals surface area contributed by atoms with Crippen LogP contribution < -0.4 is 10.6 Å². The largest absolute Gasteiger partial charge is 0.369 e. The molecule has 0 aliphatic heterocycles. The molecule has 2 aromatic heterocycles. The Morgan fingerprint density at radius 3 is 2.88 bits per heavy atom. The fourth-order valence-electron chi connectivity index (χ4n) is 1.53. The van der Waals surface area contributed by atoms with Crippen LogP contribution >= 0.6 is 11.3 Å². The van der Waals surface area contributed by atoms with Crippen LogP contribution in [-0.4, -0.2) is 23.6 Å². The van der Waals surface area contributed by atoms with Crippen LogP contribution in [0.2, 0.25) is 0 Å². The number of fused-ring (bicyclic) bond motifs is 1. The summed E-state index contributed by atoms with van der Waals surface area (Å²) >= 11 is 1.70. The highest BCUT2D eigenvalue weighted by Gasteiger charge is 2.09. The highest BCUT2D eigenvalue weighted by molar-refractivity contribution is 7.18. The summed E-state index contributed by atoms with van der Waals surface area (Å²) in [7, 11) is 1.84. The molecule has 2 aromatic rings. The van der Waals surface area contributed by atoms with Gasteiger partial charge in [0.25, 0.3) is 0 Å². The van der Waals surface area contributed by atoms with E-state index in [1.807, 2.05) is 7.05 Å². The molecule has 0 aliphatic carbocycles. The summed E-state index contributed by atoms with van der Waals surface area (Å²) in [6.45, 7) is 5.17. The van der Waals surface area contributed by atoms with Crippen LogP contribution in [0.15, 0.2) is 6.07 Å². The van der Waals surface area contributed by atoms with Crippen molar-refractivity contribution >= 4 is 33.3 Å². The number of hydrogen-bond acceptors (Lipinski definition) is 5. The van der Waals surface area contributed by atoms with E-state index < -0.39 is 0 Å². The molecule has 2 rings (SSSR count). The number of hydrogen-bond donors (Lipinski definition) is 2. The van der Waals surface area contributed by atoms with Crippen LogP contribution in [-0.2, 0) is 0 Å². The van der Waals surface area contributed by atoms with Crippen molar-refractivity contribution in [2.45, 2.75) is 20.3 Å². The lowest BCUT2D eigenvalue weighted by Crippen LogP contribution is -2.05. The molecular formula is C11H16N4S. The maximum atomic E-state index is 4.44. The van der Waals surface area contributed by atoms with Gasteiger partial charge in [-0.1, -0.05) is 6.92 Å². The first kappa shape index (κ1) is 11.1. The van der Waals surface area contributed by atoms with E-state index in [0.717, 1.165) is 29.0 Å². The molecule has 0 saturated heterocycles. The number of aryl methyl sites for hydroxylation is 1. The van der Waals surface area contributed by atoms with Crippen molar-refractivity contribution in [3.8, 4) is 0 Å². The van der Waals surface area contributed by atoms with Crippen molar-refractivity contribution in [1.29, 1.82) is 0 Å². The van der Waals surface area contributed by atoms with Crippen molar-refractivity contribution in [3.63, 3.8) is 0 Å². The van der Waals surface area contributed by atoms with Gasteiger partial charge in [-0.05, 0) is 19.4 Å². The number of thiophene rings is 1. The molecule has 0 bridgehead atoms. The van der Waals surface area contributed by atoms with E-state index in [2.05, 4.69) is 40.5 Å². The van der Waals surface area contributed by atoms with Crippen LogP contribution in [0.5, 0.6) is 0 Å². The molecule has 0 amide bonds. The SMILES string of the molecule is CCCNc1nc(NC)nc2sc(C)cc12. The fraction of sp³-hybridized carbons (Fsp3) is 0.455. The number of nitrogens with zero attached hydrogens (tertiary/aromatic N) is 2. The summed E-state index contributed by atoms with van der Waals surface area (Å²) < 4.78 is 0. The standard InChI is InChI=1S/C11H16N4S/c1-4-5-13-9-8-6-7(2)16-10(8)15-11(12-3)14-9/h6H,4-5H2,1-3H3,(H2,12,13,14,15). The summed E-state index contributed by atoms with van der Waals surface area (Å²) in [5, 5.41) is 7.45. The average Bonchev–Trinajstić information content (AvgIpc) is 2.65. The average molecular weight is 236 g/mol. The van der Waals surface area contributed by atoms with Gasteiger partial charge in [0.05, 0.1) is 5.39 Å². The molecule has 16 heavy (non-hydrogen) atoms. The van der Waals surface area contributed by atoms with Gasteiger partial charge in [0, 0.05) is 18.5 Å². The van der Waals surface area contributed by atoms with Crippen molar-refractivity contribution < 1.29 is 0 Å². The van der Waals surface area contributed by atoms with Crippen molar-refractivity contribution in [3.05, 3.63) is 10.9 Å². The number of nitrogens with one attached hydrogen (secondary N) is 2. The minimum absolute atomic E-state index is 0.674. The summed E-state index contributed by atoms with van der Waals surface area (Å²) in [6, 6.07) is 2.14. The lowest BCUT2D eigenvalue weighted by Gasteiger charge is -2.06. The van der Waals surface area contributed by atoms with Crippen molar-refractivity contribution in [2.75, 3.05) is 24.2 Å². The first-order valence-corrected chi connectivity index (χ1v) is 6.26. The van der Waals surface area contributed by atoms with Gasteiger partial charge in [-0.2, -0.15) is 4.98 Å². The molecule has 4 nitrogen and oxygen atoms in total. The van der Waals surface area contributed by atoms with E-state index in [1.165, 1.54) is 4.88 Å². The third kappa shape index (κ3) is 2.09. The lowest BCUT2D eigenvalue weighted by molar-refractivity contribution is 0.970. The number of anilines is 2. The van der Waals surface area contributed by atoms with Gasteiger partial charge < -0.3 is 10.6 Å². The summed E-state index contributed by atoms with van der Waals surface area (Å²) in [6.07, 6.45) is 1.09. The fourth-order valence-corrected chi connectivity index (χ4v) is 2.41. The topological polar surface area (TPSA) is 49.8 Å². The molecule has 86 valence electrons. The second-order valence-corrected chi connectivity index (χ2v) is 4.88. The zero-order chi connectivity index (χ0) is 11.5. The maximum absolute atomic E-state index is 4.44. The predicted molar refractivity (Wildman–Crippen MR) is 70.5 cm³/mol. The Bertz CT molecular complexity index is 492. The van der Waals surface area contributed by atoms with Crippen LogP contribution in [0.1, 0.15) is 18.2 Å². The third-order valence-electron chi connectivity index (χ3n) is 2.28. The molecule has 0 spiro atoms. The van der Waals surface area contributed by atoms with Gasteiger partial charge in [0.1, 0.15) is 10.6 Å². The minimum Gasteiger partial charge on any atom is -0.369 e. The highest BCUT2D eigenvalue weighted by Crippen LogP contribution is 2.29. The normalized spacial score (nSPS) is 10.7. The Hall–Kier alpha value is -1.36. The molecule has 0 fully saturated rings. The molecule has 0 atom stereocenters. The first-order chi connectivity index (χ1) is 7.74. The highest BCUT2D eigenvalue weighted by atomic mass is 32.1. The van der Waals surface area contributed by atoms with E-state index >= 15 is 0 Å². The zero-order valence-corrected chi connectivity index (χ0v) is 10.6. The Balaban J connectivity index is 2.49. The molecule has 2 N–H and O–H groups in total. The van der Waals surface area contributed by atoms with E-state index in [0.29, 0.717) is 5.95 Å². The molecule has 0 unspecified atom stereocenters. The van der Waals surface area contributed by atoms with Crippen LogP contribution in [0.4, 0.5) is 11.8 Å². The smallest absolute Gasteiger partial charge is 0.225 e. The van der Waals surface area contributed by atoms with Gasteiger partial charge in [-0.3, -0.25) is 0 Å². The van der Waals surface area contributed by atoms with Crippen LogP contribution in [0.3, 0.4) is 0 Å². The number of rotatable bonds is 4. The quantitative estimate of drug-likeness (QED) is 0.857. The van der Waals surface area contributed by atoms with Crippen molar-refractivity contribution in [1.82, 2.24) is 9.97 Å². The van der Waals surface area contributed by atoms with E-state index in [9.17, 15) is 0 Å². The second-order valence-electron chi connectivity index (χ2n) is 3.65. The van der Waals surface area contributed by atoms with Crippen molar-refractivity contribution in [2.24, 2.45) is 0 Å². The van der Waals surface area contributed by atoms with Crippen LogP contribution in [0, 0.1) is 6.92 Å². The first-order valence-electron chi connectivity index (χ1n) is 5.44. The van der Waals surface area contributed by atoms with Crippen LogP contribution in [0.25, 0.3) is 10.2 Å². The van der Waals surface area contributed by atoms with Gasteiger partial charge >= 0.3 is 0 Å². The third-order valence-corrected chi connectivity index (χ3v) is 3.23. The molecule has 0 aromatic carbocycles. The molecule has 0 aliphatic rings. The predicted octanol–water partition coefficient (Wildman–Crippen LogP) is 2.86. The van der Waals surface area contributed by atoms with E-state index in [-0.39, 0.29) is 0 Å². The van der Waals surface area contributed by atoms with E-state index in [4.69, 9.17) is 0 Å². The monoisotopic (exact) mass is 236 g/mol. The molecule has 0 saturated carbocycles. The Kier molecular flexibility index (Phi) is 3.24. The second kappa shape index (κ2) is 4.65. The summed E-state index contributed by atoms with van der Waals surface area (Å²) in [5.41, 5.74) is 0. The summed E-state index contributed by atoms with van der Waals surface area (Å²) in [5.74, 6) is 1.61. The molecule has 2 heterocycles. The number of aromatic nitrogens is 2. The van der Waals surface area contributed by atoms with Gasteiger partial charge in [-0.15, -0.1) is 11.3 Å². The Morgan fingerprint density at radius 2 is 2.19 bits per heavy atom. The molecular weight excluding hydrogens is 220 g/mol. The van der Waals surface area contributed by atoms with Gasteiger partial charge in [-0.25, -0.2) is 4.98 Å². The Labute approximate surface area is 99.1 Å². The Morgan fingerprint density at radius 1 is 1.38 bits per heavy atom. The maximum Gasteiger partial charge on any atom is 0.225 e. The lowest BCUT2D eigenvalue weighted by atomic mass is 10.3. The molecule has 5 heteroatoms. The molecule has 0 radical (unpaired) electrons.